The Morgan fingerprint density at radius 1 is 1.35 bits per heavy atom. The van der Waals surface area contributed by atoms with Crippen molar-refractivity contribution < 1.29 is 4.74 Å². The van der Waals surface area contributed by atoms with Crippen molar-refractivity contribution >= 4 is 15.9 Å². The molecule has 2 aliphatic rings. The molecule has 3 unspecified atom stereocenters. The quantitative estimate of drug-likeness (QED) is 0.741. The van der Waals surface area contributed by atoms with Crippen molar-refractivity contribution in [2.75, 3.05) is 0 Å². The fraction of sp³-hybridized carbons (Fsp3) is 0.600. The summed E-state index contributed by atoms with van der Waals surface area (Å²) in [6.07, 6.45) is 6.80. The van der Waals surface area contributed by atoms with E-state index in [0.717, 1.165) is 22.9 Å². The molecule has 3 atom stereocenters. The summed E-state index contributed by atoms with van der Waals surface area (Å²) in [5, 5.41) is 0. The fourth-order valence-electron chi connectivity index (χ4n) is 3.18. The van der Waals surface area contributed by atoms with E-state index in [1.807, 2.05) is 0 Å². The van der Waals surface area contributed by atoms with Gasteiger partial charge in [0.25, 0.3) is 0 Å². The van der Waals surface area contributed by atoms with E-state index in [0.29, 0.717) is 6.10 Å². The summed E-state index contributed by atoms with van der Waals surface area (Å²) in [5.41, 5.74) is 2.75. The second-order valence-corrected chi connectivity index (χ2v) is 6.86. The highest BCUT2D eigenvalue weighted by molar-refractivity contribution is 9.09. The van der Waals surface area contributed by atoms with Crippen LogP contribution in [0.5, 0.6) is 5.75 Å². The van der Waals surface area contributed by atoms with Gasteiger partial charge in [0, 0.05) is 11.2 Å². The highest BCUT2D eigenvalue weighted by atomic mass is 79.9. The Labute approximate surface area is 112 Å². The largest absolute Gasteiger partial charge is 0.490 e. The molecular formula is C15H19BrO. The summed E-state index contributed by atoms with van der Waals surface area (Å²) in [6.45, 7) is 2.15. The monoisotopic (exact) mass is 294 g/mol. The zero-order valence-corrected chi connectivity index (χ0v) is 11.9. The maximum Gasteiger partial charge on any atom is 0.123 e. The highest BCUT2D eigenvalue weighted by Gasteiger charge is 2.29. The zero-order chi connectivity index (χ0) is 11.8. The van der Waals surface area contributed by atoms with Gasteiger partial charge < -0.3 is 4.74 Å². The van der Waals surface area contributed by atoms with Gasteiger partial charge in [-0.1, -0.05) is 33.6 Å². The Hall–Kier alpha value is -0.500. The molecule has 1 aliphatic heterocycles. The smallest absolute Gasteiger partial charge is 0.123 e. The number of halogens is 1. The summed E-state index contributed by atoms with van der Waals surface area (Å²) < 4.78 is 6.04. The average molecular weight is 295 g/mol. The van der Waals surface area contributed by atoms with Crippen LogP contribution in [0.1, 0.15) is 36.8 Å². The maximum atomic E-state index is 6.04. The normalized spacial score (nSPS) is 31.3. The molecule has 1 aromatic carbocycles. The van der Waals surface area contributed by atoms with Gasteiger partial charge in [-0.05, 0) is 50.2 Å². The van der Waals surface area contributed by atoms with Crippen LogP contribution in [0.3, 0.4) is 0 Å². The average Bonchev–Trinajstić information content (AvgIpc) is 2.84. The van der Waals surface area contributed by atoms with Crippen LogP contribution in [0.25, 0.3) is 0 Å². The van der Waals surface area contributed by atoms with Crippen molar-refractivity contribution in [2.24, 2.45) is 5.92 Å². The molecule has 1 aliphatic carbocycles. The minimum atomic E-state index is 0.426. The molecule has 3 rings (SSSR count). The summed E-state index contributed by atoms with van der Waals surface area (Å²) in [5.74, 6) is 1.98. The molecule has 0 saturated heterocycles. The molecule has 1 nitrogen and oxygen atoms in total. The van der Waals surface area contributed by atoms with E-state index >= 15 is 0 Å². The summed E-state index contributed by atoms with van der Waals surface area (Å²) in [6, 6.07) is 6.55. The molecule has 0 amide bonds. The Morgan fingerprint density at radius 2 is 2.24 bits per heavy atom. The second-order valence-electron chi connectivity index (χ2n) is 5.57. The molecule has 17 heavy (non-hydrogen) atoms. The van der Waals surface area contributed by atoms with Crippen LogP contribution in [0, 0.1) is 12.8 Å². The number of benzene rings is 1. The molecular weight excluding hydrogens is 276 g/mol. The van der Waals surface area contributed by atoms with Gasteiger partial charge >= 0.3 is 0 Å². The molecule has 0 N–H and O–H groups in total. The zero-order valence-electron chi connectivity index (χ0n) is 10.3. The van der Waals surface area contributed by atoms with E-state index in [-0.39, 0.29) is 0 Å². The minimum absolute atomic E-state index is 0.426. The van der Waals surface area contributed by atoms with E-state index < -0.39 is 0 Å². The third-order valence-electron chi connectivity index (χ3n) is 4.03. The van der Waals surface area contributed by atoms with Gasteiger partial charge in [-0.15, -0.1) is 0 Å². The third kappa shape index (κ3) is 2.52. The number of fused-ring (bicyclic) bond motifs is 1. The molecule has 92 valence electrons. The standard InChI is InChI=1S/C15H19BrO/c1-10-2-5-15-12(6-10)9-14(17-15)8-11-3-4-13(16)7-11/h2,5-6,11,13-14H,3-4,7-9H2,1H3. The van der Waals surface area contributed by atoms with Gasteiger partial charge in [-0.25, -0.2) is 0 Å². The molecule has 1 aromatic rings. The Morgan fingerprint density at radius 3 is 3.00 bits per heavy atom. The molecule has 0 aromatic heterocycles. The lowest BCUT2D eigenvalue weighted by molar-refractivity contribution is 0.195. The van der Waals surface area contributed by atoms with Crippen molar-refractivity contribution in [1.29, 1.82) is 0 Å². The SMILES string of the molecule is Cc1ccc2c(c1)CC(CC1CCC(Br)C1)O2. The van der Waals surface area contributed by atoms with Crippen molar-refractivity contribution in [3.63, 3.8) is 0 Å². The third-order valence-corrected chi connectivity index (χ3v) is 4.86. The molecule has 1 fully saturated rings. The van der Waals surface area contributed by atoms with Crippen LogP contribution < -0.4 is 4.74 Å². The number of ether oxygens (including phenoxy) is 1. The van der Waals surface area contributed by atoms with Crippen LogP contribution in [0.15, 0.2) is 18.2 Å². The van der Waals surface area contributed by atoms with E-state index in [4.69, 9.17) is 4.74 Å². The van der Waals surface area contributed by atoms with Gasteiger partial charge in [-0.2, -0.15) is 0 Å². The Bertz CT molecular complexity index is 415. The van der Waals surface area contributed by atoms with Crippen molar-refractivity contribution in [2.45, 2.75) is 50.0 Å². The van der Waals surface area contributed by atoms with Crippen LogP contribution in [0.4, 0.5) is 0 Å². The van der Waals surface area contributed by atoms with Gasteiger partial charge in [0.2, 0.25) is 0 Å². The predicted octanol–water partition coefficient (Wildman–Crippen LogP) is 4.25. The number of rotatable bonds is 2. The molecule has 0 spiro atoms. The lowest BCUT2D eigenvalue weighted by Gasteiger charge is -2.15. The minimum Gasteiger partial charge on any atom is -0.490 e. The van der Waals surface area contributed by atoms with Crippen LogP contribution >= 0.6 is 15.9 Å². The summed E-state index contributed by atoms with van der Waals surface area (Å²) >= 11 is 3.73. The number of hydrogen-bond acceptors (Lipinski definition) is 1. The van der Waals surface area contributed by atoms with Gasteiger partial charge in [0.15, 0.2) is 0 Å². The molecule has 1 saturated carbocycles. The van der Waals surface area contributed by atoms with Crippen LogP contribution in [-0.4, -0.2) is 10.9 Å². The first kappa shape index (κ1) is 11.6. The van der Waals surface area contributed by atoms with E-state index in [9.17, 15) is 0 Å². The molecule has 2 heteroatoms. The molecule has 1 heterocycles. The predicted molar refractivity (Wildman–Crippen MR) is 74.0 cm³/mol. The maximum absolute atomic E-state index is 6.04. The van der Waals surface area contributed by atoms with E-state index in [1.165, 1.54) is 36.8 Å². The number of aryl methyl sites for hydroxylation is 1. The summed E-state index contributed by atoms with van der Waals surface area (Å²) in [4.78, 5) is 0.749. The molecule has 0 radical (unpaired) electrons. The van der Waals surface area contributed by atoms with Crippen molar-refractivity contribution in [3.8, 4) is 5.75 Å². The first-order valence-electron chi connectivity index (χ1n) is 6.61. The number of alkyl halides is 1. The number of hydrogen-bond donors (Lipinski definition) is 0. The second kappa shape index (κ2) is 4.64. The summed E-state index contributed by atoms with van der Waals surface area (Å²) in [7, 11) is 0. The van der Waals surface area contributed by atoms with Gasteiger partial charge in [0.05, 0.1) is 0 Å². The van der Waals surface area contributed by atoms with Crippen molar-refractivity contribution in [3.05, 3.63) is 29.3 Å². The first-order chi connectivity index (χ1) is 8.20. The van der Waals surface area contributed by atoms with E-state index in [2.05, 4.69) is 41.1 Å². The van der Waals surface area contributed by atoms with Gasteiger partial charge in [0.1, 0.15) is 11.9 Å². The first-order valence-corrected chi connectivity index (χ1v) is 7.52. The molecule has 0 bridgehead atoms. The van der Waals surface area contributed by atoms with Crippen LogP contribution in [-0.2, 0) is 6.42 Å². The Kier molecular flexibility index (Phi) is 3.16. The van der Waals surface area contributed by atoms with Gasteiger partial charge in [-0.3, -0.25) is 0 Å². The fourth-order valence-corrected chi connectivity index (χ4v) is 3.97. The topological polar surface area (TPSA) is 9.23 Å². The lowest BCUT2D eigenvalue weighted by Crippen LogP contribution is -2.17. The lowest BCUT2D eigenvalue weighted by atomic mass is 9.97. The van der Waals surface area contributed by atoms with E-state index in [1.54, 1.807) is 0 Å². The Balaban J connectivity index is 1.62. The van der Waals surface area contributed by atoms with Crippen LogP contribution in [0.2, 0.25) is 0 Å². The van der Waals surface area contributed by atoms with Crippen molar-refractivity contribution in [1.82, 2.24) is 0 Å². The highest BCUT2D eigenvalue weighted by Crippen LogP contribution is 2.37.